The molecule has 6 saturated heterocycles. The van der Waals surface area contributed by atoms with Crippen molar-refractivity contribution in [2.24, 2.45) is 23.7 Å². The van der Waals surface area contributed by atoms with E-state index in [9.17, 15) is 33.7 Å². The molecule has 23 heteroatoms. The van der Waals surface area contributed by atoms with Gasteiger partial charge < -0.3 is 54.2 Å². The molecule has 4 aromatic heterocycles. The predicted octanol–water partition coefficient (Wildman–Crippen LogP) is 12.9. The van der Waals surface area contributed by atoms with Gasteiger partial charge in [-0.1, -0.05) is 117 Å². The van der Waals surface area contributed by atoms with Gasteiger partial charge in [0.25, 0.3) is 5.92 Å². The number of rotatable bonds is 12. The number of ether oxygens (including phenoxy) is 3. The van der Waals surface area contributed by atoms with Gasteiger partial charge in [0.15, 0.2) is 0 Å². The van der Waals surface area contributed by atoms with Gasteiger partial charge in [0.1, 0.15) is 16.8 Å². The van der Waals surface area contributed by atoms with Crippen molar-refractivity contribution in [2.75, 3.05) is 85.3 Å². The smallest absolute Gasteiger partial charge is 0.410 e. The Labute approximate surface area is 584 Å². The molecule has 0 spiro atoms. The highest BCUT2D eigenvalue weighted by atomic mass is 19.3. The summed E-state index contributed by atoms with van der Waals surface area (Å²) in [5, 5.41) is 54.4. The molecule has 0 radical (unpaired) electrons. The Kier molecular flexibility index (Phi) is 43.2. The van der Waals surface area contributed by atoms with Crippen molar-refractivity contribution in [1.29, 1.82) is 0 Å². The summed E-state index contributed by atoms with van der Waals surface area (Å²) in [6, 6.07) is 9.82. The highest BCUT2D eigenvalue weighted by Crippen LogP contribution is 2.31. The second-order valence-electron chi connectivity index (χ2n) is 30.1. The van der Waals surface area contributed by atoms with Crippen LogP contribution in [0.5, 0.6) is 0 Å². The molecule has 6 N–H and O–H groups in total. The van der Waals surface area contributed by atoms with Crippen LogP contribution in [-0.2, 0) is 19.0 Å². The van der Waals surface area contributed by atoms with Gasteiger partial charge in [0.2, 0.25) is 12.3 Å². The van der Waals surface area contributed by atoms with Crippen LogP contribution in [0.4, 0.5) is 13.6 Å². The SMILES string of the molecule is CC(C)C1(O)CN(C(=O)OC(C)(C)C)C1.CC(C)C1(O)CNC1.CC(C)C1(O)COC1.CC(C)N1CC(F)(F)C1.CC(C)N1CC(O)C1.CC(C)N1CCC1.CC(C)c1cccnc1.CC(C)c1ccncc1.CC(C)c1cn[nH]c1.CC(C)c1nnco1.CCOC(=O)C(C)C. The van der Waals surface area contributed by atoms with Gasteiger partial charge in [0.05, 0.1) is 69.8 Å². The third kappa shape index (κ3) is 38.3. The molecule has 6 fully saturated rings. The largest absolute Gasteiger partial charge is 0.466 e. The minimum atomic E-state index is -2.40. The maximum Gasteiger partial charge on any atom is 0.410 e. The standard InChI is InChI=1S/C11H21NO3.2C8H11N.C6H11F2N.C6H10N2.2C6H13NO.C6H13N.2C6H12O2.C5H8N2O/c1-8(2)11(14)6-12(7-11)9(13)15-10(3,4)5;1-7(2)8-3-5-9-6-4-8;1-7(2)8-4-3-5-9-6-8;1-5(2)9-3-6(7,8)4-9;1-5(2)6-3-7-8-4-6;1-5(2)7-3-6(8)4-7;1-5(2)6(8)3-7-4-6;1-6(2)7-4-3-5-7;1-5(2)6(7)3-8-4-6;1-4-8-6(7)5(2)3;1-4(2)5-7-6-3-8-5/h8,14H,6-7H2,1-5H3;2*3-7H,1-2H3;5H,3-4H2,1-2H3;3-5H,1-2H3,(H,7,8);5-6,8H,3-4H2,1-2H3;5,7-8H,3-4H2,1-2H3;6H,3-5H2,1-2H3;5,7H,3-4H2,1-2H3;5H,4H2,1-3H3;3-4H,1-2H3. The summed E-state index contributed by atoms with van der Waals surface area (Å²) in [6.45, 7) is 60.7. The zero-order chi connectivity index (χ0) is 74.7. The highest BCUT2D eigenvalue weighted by Gasteiger charge is 2.47. The summed E-state index contributed by atoms with van der Waals surface area (Å²) >= 11 is 0. The molecule has 6 aliphatic heterocycles. The van der Waals surface area contributed by atoms with Crippen LogP contribution in [0.3, 0.4) is 0 Å². The number of nitrogens with one attached hydrogen (secondary N) is 2. The molecule has 1 amide bonds. The van der Waals surface area contributed by atoms with E-state index in [1.807, 2.05) is 153 Å². The zero-order valence-corrected chi connectivity index (χ0v) is 64.7. The number of β-amino-alcohol motifs (C(OH)–C–C–N with tert-alkyl or cyclic N) is 3. The first-order valence-electron chi connectivity index (χ1n) is 35.3. The number of hydrogen-bond acceptors (Lipinski definition) is 19. The molecule has 97 heavy (non-hydrogen) atoms. The minimum absolute atomic E-state index is 0.00921. The summed E-state index contributed by atoms with van der Waals surface area (Å²) in [7, 11) is 0. The highest BCUT2D eigenvalue weighted by molar-refractivity contribution is 5.71. The number of hydrogen-bond donors (Lipinski definition) is 6. The maximum atomic E-state index is 12.1. The van der Waals surface area contributed by atoms with Crippen molar-refractivity contribution in [3.63, 3.8) is 0 Å². The maximum absolute atomic E-state index is 12.1. The Morgan fingerprint density at radius 3 is 1.33 bits per heavy atom. The molecular weight excluding hydrogens is 1240 g/mol. The molecular formula is C74H135F2N11O10. The van der Waals surface area contributed by atoms with E-state index in [0.717, 1.165) is 32.2 Å². The molecule has 21 nitrogen and oxygen atoms in total. The summed E-state index contributed by atoms with van der Waals surface area (Å²) in [6.07, 6.45) is 13.5. The van der Waals surface area contributed by atoms with Crippen molar-refractivity contribution in [3.05, 3.63) is 90.4 Å². The second kappa shape index (κ2) is 45.6. The van der Waals surface area contributed by atoms with Gasteiger partial charge in [-0.2, -0.15) is 5.10 Å². The van der Waals surface area contributed by atoms with E-state index in [4.69, 9.17) is 19.0 Å². The molecule has 0 unspecified atom stereocenters. The van der Waals surface area contributed by atoms with E-state index in [2.05, 4.69) is 126 Å². The van der Waals surface area contributed by atoms with Crippen LogP contribution in [0, 0.1) is 23.7 Å². The van der Waals surface area contributed by atoms with Crippen molar-refractivity contribution in [2.45, 2.75) is 263 Å². The number of carbonyl (C=O) groups is 2. The Morgan fingerprint density at radius 1 is 0.639 bits per heavy atom. The van der Waals surface area contributed by atoms with Gasteiger partial charge in [0, 0.05) is 81.2 Å². The predicted molar refractivity (Wildman–Crippen MR) is 386 cm³/mol. The van der Waals surface area contributed by atoms with E-state index in [0.29, 0.717) is 80.4 Å². The number of aromatic nitrogens is 6. The Hall–Kier alpha value is -5.11. The fraction of sp³-hybridized carbons (Fsp3) is 0.770. The number of likely N-dealkylation sites (tertiary alicyclic amines) is 4. The van der Waals surface area contributed by atoms with Crippen molar-refractivity contribution < 1.29 is 57.4 Å². The zero-order valence-electron chi connectivity index (χ0n) is 64.7. The van der Waals surface area contributed by atoms with Crippen LogP contribution in [-0.4, -0.2) is 220 Å². The number of esters is 1. The van der Waals surface area contributed by atoms with Crippen LogP contribution in [0.15, 0.2) is 72.3 Å². The molecule has 0 aliphatic carbocycles. The number of H-pyrrole nitrogens is 1. The molecule has 4 aromatic rings. The Morgan fingerprint density at radius 2 is 1.14 bits per heavy atom. The van der Waals surface area contributed by atoms with Gasteiger partial charge in [-0.25, -0.2) is 13.6 Å². The van der Waals surface area contributed by atoms with Crippen LogP contribution in [0.25, 0.3) is 0 Å². The van der Waals surface area contributed by atoms with Crippen molar-refractivity contribution in [1.82, 2.24) is 55.3 Å². The minimum Gasteiger partial charge on any atom is -0.466 e. The number of aromatic amines is 1. The summed E-state index contributed by atoms with van der Waals surface area (Å²) in [5.74, 6) is 1.23. The number of carbonyl (C=O) groups excluding carboxylic acids is 2. The lowest BCUT2D eigenvalue weighted by atomic mass is 9.83. The van der Waals surface area contributed by atoms with Gasteiger partial charge in [-0.15, -0.1) is 10.2 Å². The van der Waals surface area contributed by atoms with Crippen molar-refractivity contribution >= 4 is 12.1 Å². The molecule has 0 aromatic carbocycles. The Balaban J connectivity index is 0.00000105. The molecule has 10 rings (SSSR count). The number of aliphatic hydroxyl groups is 4. The number of pyridine rings is 2. The number of halogens is 2. The van der Waals surface area contributed by atoms with Crippen molar-refractivity contribution in [3.8, 4) is 0 Å². The average molecular weight is 1380 g/mol. The monoisotopic (exact) mass is 1380 g/mol. The first kappa shape index (κ1) is 91.9. The van der Waals surface area contributed by atoms with Crippen LogP contribution in [0.2, 0.25) is 0 Å². The third-order valence-corrected chi connectivity index (χ3v) is 16.8. The fourth-order valence-electron chi connectivity index (χ4n) is 8.33. The Bertz CT molecular complexity index is 2470. The topological polar surface area (TPSA) is 261 Å². The molecule has 0 saturated carbocycles. The quantitative estimate of drug-likeness (QED) is 0.0720. The van der Waals surface area contributed by atoms with E-state index >= 15 is 0 Å². The first-order valence-corrected chi connectivity index (χ1v) is 35.3. The lowest BCUT2D eigenvalue weighted by Crippen LogP contribution is -2.66. The molecule has 0 bridgehead atoms. The lowest BCUT2D eigenvalue weighted by molar-refractivity contribution is -0.200. The van der Waals surface area contributed by atoms with Crippen LogP contribution < -0.4 is 5.32 Å². The van der Waals surface area contributed by atoms with Gasteiger partial charge >= 0.3 is 12.1 Å². The number of nitrogens with zero attached hydrogens (tertiary/aromatic N) is 9. The number of alkyl halides is 2. The number of aliphatic hydroxyl groups excluding tert-OH is 1. The molecule has 560 valence electrons. The second-order valence-corrected chi connectivity index (χ2v) is 30.1. The average Bonchev–Trinajstić information content (AvgIpc) is 1.60. The van der Waals surface area contributed by atoms with E-state index < -0.39 is 22.7 Å². The van der Waals surface area contributed by atoms with Crippen LogP contribution >= 0.6 is 0 Å². The van der Waals surface area contributed by atoms with E-state index in [1.165, 1.54) is 47.5 Å². The molecule has 10 heterocycles. The van der Waals surface area contributed by atoms with Gasteiger partial charge in [-0.3, -0.25) is 29.7 Å². The fourth-order valence-corrected chi connectivity index (χ4v) is 8.33. The normalized spacial score (nSPS) is 17.7. The number of amides is 1. The summed E-state index contributed by atoms with van der Waals surface area (Å²) in [4.78, 5) is 38.0. The lowest BCUT2D eigenvalue weighted by Gasteiger charge is -2.48. The molecule has 0 atom stereocenters. The van der Waals surface area contributed by atoms with E-state index in [-0.39, 0.29) is 54.7 Å². The van der Waals surface area contributed by atoms with Gasteiger partial charge in [-0.05, 0) is 159 Å². The van der Waals surface area contributed by atoms with Crippen LogP contribution in [0.1, 0.15) is 233 Å². The first-order chi connectivity index (χ1) is 44.9. The van der Waals surface area contributed by atoms with E-state index in [1.54, 1.807) is 18.0 Å². The summed E-state index contributed by atoms with van der Waals surface area (Å²) < 4.78 is 43.8. The third-order valence-electron chi connectivity index (χ3n) is 16.8. The summed E-state index contributed by atoms with van der Waals surface area (Å²) in [5.41, 5.74) is 1.84. The molecule has 6 aliphatic rings.